The van der Waals surface area contributed by atoms with E-state index in [0.717, 1.165) is 17.7 Å². The highest BCUT2D eigenvalue weighted by Gasteiger charge is 2.43. The van der Waals surface area contributed by atoms with Gasteiger partial charge in [0.05, 0.1) is 5.60 Å². The van der Waals surface area contributed by atoms with Crippen LogP contribution < -0.4 is 0 Å². The van der Waals surface area contributed by atoms with Crippen LogP contribution in [-0.4, -0.2) is 17.3 Å². The van der Waals surface area contributed by atoms with Crippen molar-refractivity contribution in [1.82, 2.24) is 0 Å². The number of thiophene rings is 1. The van der Waals surface area contributed by atoms with E-state index in [4.69, 9.17) is 4.74 Å². The summed E-state index contributed by atoms with van der Waals surface area (Å²) in [6.07, 6.45) is 3.86. The number of aliphatic hydroxyl groups excluding tert-OH is 1. The lowest BCUT2D eigenvalue weighted by atomic mass is 9.92. The molecule has 1 fully saturated rings. The summed E-state index contributed by atoms with van der Waals surface area (Å²) in [7, 11) is 0. The van der Waals surface area contributed by atoms with E-state index in [0.29, 0.717) is 6.61 Å². The Hall–Kier alpha value is -0.380. The second kappa shape index (κ2) is 4.86. The molecule has 1 aromatic heterocycles. The van der Waals surface area contributed by atoms with E-state index in [1.54, 1.807) is 11.3 Å². The van der Waals surface area contributed by atoms with Gasteiger partial charge in [-0.15, -0.1) is 11.3 Å². The van der Waals surface area contributed by atoms with E-state index < -0.39 is 6.10 Å². The number of aryl methyl sites for hydroxylation is 1. The molecule has 0 aromatic carbocycles. The topological polar surface area (TPSA) is 29.5 Å². The average Bonchev–Trinajstić information content (AvgIpc) is 2.87. The summed E-state index contributed by atoms with van der Waals surface area (Å²) in [5.41, 5.74) is 0.869. The highest BCUT2D eigenvalue weighted by atomic mass is 32.1. The number of hydrogen-bond acceptors (Lipinski definition) is 3. The highest BCUT2D eigenvalue weighted by Crippen LogP contribution is 2.44. The fourth-order valence-corrected chi connectivity index (χ4v) is 3.68. The Morgan fingerprint density at radius 3 is 2.69 bits per heavy atom. The van der Waals surface area contributed by atoms with E-state index in [9.17, 15) is 5.11 Å². The summed E-state index contributed by atoms with van der Waals surface area (Å²) >= 11 is 1.64. The molecular weight excluding hydrogens is 220 g/mol. The second-order valence-corrected chi connectivity index (χ2v) is 5.52. The first-order chi connectivity index (χ1) is 7.69. The van der Waals surface area contributed by atoms with Crippen LogP contribution in [0.4, 0.5) is 0 Å². The van der Waals surface area contributed by atoms with Gasteiger partial charge in [-0.05, 0) is 43.7 Å². The zero-order chi connectivity index (χ0) is 11.6. The molecule has 1 unspecified atom stereocenters. The number of aliphatic hydroxyl groups is 1. The van der Waals surface area contributed by atoms with Crippen molar-refractivity contribution < 1.29 is 9.84 Å². The first-order valence-electron chi connectivity index (χ1n) is 6.05. The lowest BCUT2D eigenvalue weighted by Gasteiger charge is -2.34. The van der Waals surface area contributed by atoms with Crippen molar-refractivity contribution in [2.24, 2.45) is 0 Å². The average molecular weight is 240 g/mol. The van der Waals surface area contributed by atoms with Crippen LogP contribution in [0.5, 0.6) is 0 Å². The van der Waals surface area contributed by atoms with Crippen molar-refractivity contribution in [1.29, 1.82) is 0 Å². The van der Waals surface area contributed by atoms with Crippen LogP contribution in [0.3, 0.4) is 0 Å². The van der Waals surface area contributed by atoms with Gasteiger partial charge < -0.3 is 9.84 Å². The summed E-state index contributed by atoms with van der Waals surface area (Å²) in [5, 5.41) is 12.6. The molecular formula is C13H20O2S. The SMILES string of the molecule is CCOC1(C(O)c2sccc2C)CCCC1. The Balaban J connectivity index is 2.23. The maximum Gasteiger partial charge on any atom is 0.117 e. The third-order valence-corrected chi connectivity index (χ3v) is 4.60. The summed E-state index contributed by atoms with van der Waals surface area (Å²) in [5.74, 6) is 0. The zero-order valence-electron chi connectivity index (χ0n) is 10.0. The van der Waals surface area contributed by atoms with Crippen LogP contribution in [0.15, 0.2) is 11.4 Å². The second-order valence-electron chi connectivity index (χ2n) is 4.58. The van der Waals surface area contributed by atoms with E-state index in [2.05, 4.69) is 13.0 Å². The molecule has 3 heteroatoms. The molecule has 0 saturated heterocycles. The molecule has 0 spiro atoms. The molecule has 2 nitrogen and oxygen atoms in total. The third kappa shape index (κ3) is 2.04. The Morgan fingerprint density at radius 2 is 2.19 bits per heavy atom. The molecule has 1 aliphatic carbocycles. The number of ether oxygens (including phenoxy) is 1. The number of rotatable bonds is 4. The molecule has 16 heavy (non-hydrogen) atoms. The summed E-state index contributed by atoms with van der Waals surface area (Å²) in [4.78, 5) is 1.08. The van der Waals surface area contributed by atoms with Crippen molar-refractivity contribution in [3.05, 3.63) is 21.9 Å². The molecule has 0 amide bonds. The molecule has 2 rings (SSSR count). The molecule has 0 aliphatic heterocycles. The van der Waals surface area contributed by atoms with Crippen molar-refractivity contribution in [3.63, 3.8) is 0 Å². The smallest absolute Gasteiger partial charge is 0.117 e. The van der Waals surface area contributed by atoms with Gasteiger partial charge in [0.15, 0.2) is 0 Å². The van der Waals surface area contributed by atoms with E-state index >= 15 is 0 Å². The molecule has 1 heterocycles. The van der Waals surface area contributed by atoms with E-state index in [1.807, 2.05) is 12.3 Å². The standard InChI is InChI=1S/C13H20O2S/c1-3-15-13(7-4-5-8-13)12(14)11-10(2)6-9-16-11/h6,9,12,14H,3-5,7-8H2,1-2H3. The van der Waals surface area contributed by atoms with Crippen LogP contribution in [-0.2, 0) is 4.74 Å². The van der Waals surface area contributed by atoms with E-state index in [-0.39, 0.29) is 5.60 Å². The minimum Gasteiger partial charge on any atom is -0.385 e. The monoisotopic (exact) mass is 240 g/mol. The van der Waals surface area contributed by atoms with Gasteiger partial charge in [-0.25, -0.2) is 0 Å². The van der Waals surface area contributed by atoms with E-state index in [1.165, 1.54) is 18.4 Å². The summed E-state index contributed by atoms with van der Waals surface area (Å²) < 4.78 is 5.89. The van der Waals surface area contributed by atoms with Crippen molar-refractivity contribution in [2.45, 2.75) is 51.2 Å². The minimum atomic E-state index is -0.449. The third-order valence-electron chi connectivity index (χ3n) is 3.53. The van der Waals surface area contributed by atoms with Gasteiger partial charge in [0.25, 0.3) is 0 Å². The quantitative estimate of drug-likeness (QED) is 0.873. The summed E-state index contributed by atoms with van der Waals surface area (Å²) in [6, 6.07) is 2.07. The minimum absolute atomic E-state index is 0.315. The van der Waals surface area contributed by atoms with Gasteiger partial charge in [0.1, 0.15) is 6.10 Å². The fraction of sp³-hybridized carbons (Fsp3) is 0.692. The van der Waals surface area contributed by atoms with Gasteiger partial charge in [-0.3, -0.25) is 0 Å². The maximum atomic E-state index is 10.6. The molecule has 0 bridgehead atoms. The molecule has 0 radical (unpaired) electrons. The lowest BCUT2D eigenvalue weighted by molar-refractivity contribution is -0.117. The maximum absolute atomic E-state index is 10.6. The molecule has 90 valence electrons. The molecule has 1 N–H and O–H groups in total. The highest BCUT2D eigenvalue weighted by molar-refractivity contribution is 7.10. The van der Waals surface area contributed by atoms with Gasteiger partial charge in [0.2, 0.25) is 0 Å². The van der Waals surface area contributed by atoms with Crippen molar-refractivity contribution >= 4 is 11.3 Å². The summed E-state index contributed by atoms with van der Waals surface area (Å²) in [6.45, 7) is 4.75. The lowest BCUT2D eigenvalue weighted by Crippen LogP contribution is -2.36. The van der Waals surface area contributed by atoms with Crippen LogP contribution in [0.25, 0.3) is 0 Å². The fourth-order valence-electron chi connectivity index (χ4n) is 2.66. The zero-order valence-corrected chi connectivity index (χ0v) is 10.8. The van der Waals surface area contributed by atoms with Crippen LogP contribution in [0, 0.1) is 6.92 Å². The predicted molar refractivity (Wildman–Crippen MR) is 66.8 cm³/mol. The first-order valence-corrected chi connectivity index (χ1v) is 6.93. The normalized spacial score (nSPS) is 21.2. The van der Waals surface area contributed by atoms with Crippen LogP contribution >= 0.6 is 11.3 Å². The molecule has 1 aromatic rings. The largest absolute Gasteiger partial charge is 0.385 e. The Bertz CT molecular complexity index is 339. The van der Waals surface area contributed by atoms with Crippen LogP contribution in [0.1, 0.15) is 49.2 Å². The Morgan fingerprint density at radius 1 is 1.50 bits per heavy atom. The van der Waals surface area contributed by atoms with Gasteiger partial charge in [0, 0.05) is 11.5 Å². The molecule has 1 atom stereocenters. The van der Waals surface area contributed by atoms with Gasteiger partial charge >= 0.3 is 0 Å². The van der Waals surface area contributed by atoms with Gasteiger partial charge in [-0.2, -0.15) is 0 Å². The van der Waals surface area contributed by atoms with Crippen LogP contribution in [0.2, 0.25) is 0 Å². The van der Waals surface area contributed by atoms with Gasteiger partial charge in [-0.1, -0.05) is 12.8 Å². The Labute approximate surface area is 101 Å². The Kier molecular flexibility index (Phi) is 3.67. The molecule has 1 saturated carbocycles. The number of hydrogen-bond donors (Lipinski definition) is 1. The predicted octanol–water partition coefficient (Wildman–Crippen LogP) is 3.44. The first kappa shape index (κ1) is 12.1. The van der Waals surface area contributed by atoms with Crippen molar-refractivity contribution in [3.8, 4) is 0 Å². The van der Waals surface area contributed by atoms with Crippen molar-refractivity contribution in [2.75, 3.05) is 6.61 Å². The molecule has 1 aliphatic rings.